The van der Waals surface area contributed by atoms with Crippen molar-refractivity contribution in [3.63, 3.8) is 0 Å². The van der Waals surface area contributed by atoms with Crippen LogP contribution in [0.1, 0.15) is 12.0 Å². The number of hydrogen-bond donors (Lipinski definition) is 1. The first-order chi connectivity index (χ1) is 7.77. The maximum absolute atomic E-state index is 10.9. The van der Waals surface area contributed by atoms with Crippen molar-refractivity contribution >= 4 is 11.7 Å². The molecule has 88 valence electrons. The second kappa shape index (κ2) is 6.85. The standard InChI is InChI=1S/C12H17NO3/c1-15-9-10-5-3-4-6-11(10)13-8-7-12(14)16-2/h3-6,13H,7-9H2,1-2H3. The summed E-state index contributed by atoms with van der Waals surface area (Å²) in [7, 11) is 3.05. The Morgan fingerprint density at radius 2 is 2.06 bits per heavy atom. The Morgan fingerprint density at radius 3 is 2.75 bits per heavy atom. The molecule has 0 amide bonds. The maximum atomic E-state index is 10.9. The summed E-state index contributed by atoms with van der Waals surface area (Å²) in [6.45, 7) is 1.12. The van der Waals surface area contributed by atoms with Crippen LogP contribution in [0.2, 0.25) is 0 Å². The van der Waals surface area contributed by atoms with Crippen LogP contribution in [-0.2, 0) is 20.9 Å². The number of rotatable bonds is 6. The van der Waals surface area contributed by atoms with E-state index in [1.54, 1.807) is 7.11 Å². The fourth-order valence-electron chi connectivity index (χ4n) is 1.38. The van der Waals surface area contributed by atoms with Crippen LogP contribution in [0.25, 0.3) is 0 Å². The van der Waals surface area contributed by atoms with Crippen LogP contribution in [0, 0.1) is 0 Å². The predicted molar refractivity (Wildman–Crippen MR) is 62.3 cm³/mol. The van der Waals surface area contributed by atoms with Gasteiger partial charge in [0.15, 0.2) is 0 Å². The highest BCUT2D eigenvalue weighted by Crippen LogP contribution is 2.15. The van der Waals surface area contributed by atoms with E-state index in [0.29, 0.717) is 19.6 Å². The fraction of sp³-hybridized carbons (Fsp3) is 0.417. The molecule has 1 rings (SSSR count). The molecule has 0 spiro atoms. The summed E-state index contributed by atoms with van der Waals surface area (Å²) < 4.78 is 9.65. The molecule has 4 nitrogen and oxygen atoms in total. The molecule has 0 aliphatic carbocycles. The largest absolute Gasteiger partial charge is 0.469 e. The molecule has 1 aromatic carbocycles. The van der Waals surface area contributed by atoms with E-state index in [1.165, 1.54) is 7.11 Å². The quantitative estimate of drug-likeness (QED) is 0.747. The first-order valence-corrected chi connectivity index (χ1v) is 5.15. The van der Waals surface area contributed by atoms with Gasteiger partial charge in [0.25, 0.3) is 0 Å². The molecule has 0 aliphatic heterocycles. The highest BCUT2D eigenvalue weighted by molar-refractivity contribution is 5.70. The van der Waals surface area contributed by atoms with E-state index < -0.39 is 0 Å². The summed E-state index contributed by atoms with van der Waals surface area (Å²) in [5.74, 6) is -0.211. The average Bonchev–Trinajstić information content (AvgIpc) is 2.31. The van der Waals surface area contributed by atoms with Crippen molar-refractivity contribution in [2.24, 2.45) is 0 Å². The molecule has 0 atom stereocenters. The van der Waals surface area contributed by atoms with Crippen LogP contribution >= 0.6 is 0 Å². The molecular formula is C12H17NO3. The van der Waals surface area contributed by atoms with E-state index in [9.17, 15) is 4.79 Å². The zero-order valence-corrected chi connectivity index (χ0v) is 9.66. The van der Waals surface area contributed by atoms with Crippen molar-refractivity contribution in [2.75, 3.05) is 26.1 Å². The van der Waals surface area contributed by atoms with Crippen LogP contribution < -0.4 is 5.32 Å². The minimum absolute atomic E-state index is 0.211. The smallest absolute Gasteiger partial charge is 0.307 e. The molecule has 0 unspecified atom stereocenters. The van der Waals surface area contributed by atoms with Crippen molar-refractivity contribution in [3.05, 3.63) is 29.8 Å². The Balaban J connectivity index is 2.49. The molecule has 0 bridgehead atoms. The summed E-state index contributed by atoms with van der Waals surface area (Å²) in [5.41, 5.74) is 2.07. The van der Waals surface area contributed by atoms with Crippen molar-refractivity contribution < 1.29 is 14.3 Å². The molecule has 16 heavy (non-hydrogen) atoms. The Hall–Kier alpha value is -1.55. The zero-order chi connectivity index (χ0) is 11.8. The van der Waals surface area contributed by atoms with E-state index >= 15 is 0 Å². The number of anilines is 1. The molecule has 1 N–H and O–H groups in total. The van der Waals surface area contributed by atoms with Gasteiger partial charge in [0.05, 0.1) is 20.1 Å². The Kier molecular flexibility index (Phi) is 5.36. The molecular weight excluding hydrogens is 206 g/mol. The van der Waals surface area contributed by atoms with Gasteiger partial charge < -0.3 is 14.8 Å². The van der Waals surface area contributed by atoms with Gasteiger partial charge in [0, 0.05) is 24.9 Å². The summed E-state index contributed by atoms with van der Waals surface area (Å²) in [4.78, 5) is 10.9. The van der Waals surface area contributed by atoms with Crippen LogP contribution in [0.4, 0.5) is 5.69 Å². The molecule has 0 fully saturated rings. The number of carbonyl (C=O) groups is 1. The number of methoxy groups -OCH3 is 2. The minimum Gasteiger partial charge on any atom is -0.469 e. The number of carbonyl (C=O) groups excluding carboxylic acids is 1. The highest BCUT2D eigenvalue weighted by Gasteiger charge is 2.02. The van der Waals surface area contributed by atoms with Crippen LogP contribution in [0.5, 0.6) is 0 Å². The predicted octanol–water partition coefficient (Wildman–Crippen LogP) is 1.81. The third-order valence-electron chi connectivity index (χ3n) is 2.19. The van der Waals surface area contributed by atoms with Crippen molar-refractivity contribution in [1.29, 1.82) is 0 Å². The first kappa shape index (κ1) is 12.5. The minimum atomic E-state index is -0.211. The van der Waals surface area contributed by atoms with E-state index in [1.807, 2.05) is 24.3 Å². The lowest BCUT2D eigenvalue weighted by molar-refractivity contribution is -0.140. The molecule has 0 aliphatic rings. The summed E-state index contributed by atoms with van der Waals surface area (Å²) in [5, 5.41) is 3.18. The van der Waals surface area contributed by atoms with Crippen LogP contribution in [-0.4, -0.2) is 26.7 Å². The Morgan fingerprint density at radius 1 is 1.31 bits per heavy atom. The normalized spacial score (nSPS) is 9.88. The lowest BCUT2D eigenvalue weighted by Crippen LogP contribution is -2.10. The number of benzene rings is 1. The lowest BCUT2D eigenvalue weighted by atomic mass is 10.2. The third-order valence-corrected chi connectivity index (χ3v) is 2.19. The van der Waals surface area contributed by atoms with Crippen molar-refractivity contribution in [1.82, 2.24) is 0 Å². The summed E-state index contributed by atoms with van der Waals surface area (Å²) in [6.07, 6.45) is 0.359. The average molecular weight is 223 g/mol. The van der Waals surface area contributed by atoms with E-state index in [-0.39, 0.29) is 5.97 Å². The second-order valence-electron chi connectivity index (χ2n) is 3.34. The monoisotopic (exact) mass is 223 g/mol. The maximum Gasteiger partial charge on any atom is 0.307 e. The van der Waals surface area contributed by atoms with Crippen molar-refractivity contribution in [2.45, 2.75) is 13.0 Å². The topological polar surface area (TPSA) is 47.6 Å². The number of hydrogen-bond acceptors (Lipinski definition) is 4. The number of esters is 1. The van der Waals surface area contributed by atoms with Gasteiger partial charge in [-0.25, -0.2) is 0 Å². The third kappa shape index (κ3) is 3.90. The molecule has 1 aromatic rings. The highest BCUT2D eigenvalue weighted by atomic mass is 16.5. The van der Waals surface area contributed by atoms with Gasteiger partial charge in [-0.15, -0.1) is 0 Å². The summed E-state index contributed by atoms with van der Waals surface area (Å²) >= 11 is 0. The van der Waals surface area contributed by atoms with Gasteiger partial charge in [-0.05, 0) is 6.07 Å². The second-order valence-corrected chi connectivity index (χ2v) is 3.34. The molecule has 0 heterocycles. The van der Waals surface area contributed by atoms with Crippen LogP contribution in [0.3, 0.4) is 0 Å². The van der Waals surface area contributed by atoms with E-state index in [2.05, 4.69) is 10.1 Å². The Labute approximate surface area is 95.6 Å². The van der Waals surface area contributed by atoms with E-state index in [0.717, 1.165) is 11.3 Å². The molecule has 4 heteroatoms. The van der Waals surface area contributed by atoms with Crippen LogP contribution in [0.15, 0.2) is 24.3 Å². The van der Waals surface area contributed by atoms with Gasteiger partial charge in [-0.3, -0.25) is 4.79 Å². The van der Waals surface area contributed by atoms with Gasteiger partial charge in [-0.1, -0.05) is 18.2 Å². The SMILES string of the molecule is COCc1ccccc1NCCC(=O)OC. The van der Waals surface area contributed by atoms with Gasteiger partial charge >= 0.3 is 5.97 Å². The van der Waals surface area contributed by atoms with Crippen molar-refractivity contribution in [3.8, 4) is 0 Å². The van der Waals surface area contributed by atoms with Gasteiger partial charge in [-0.2, -0.15) is 0 Å². The molecule has 0 radical (unpaired) electrons. The molecule has 0 aromatic heterocycles. The number of ether oxygens (including phenoxy) is 2. The number of nitrogens with one attached hydrogen (secondary N) is 1. The van der Waals surface area contributed by atoms with Gasteiger partial charge in [0.1, 0.15) is 0 Å². The lowest BCUT2D eigenvalue weighted by Gasteiger charge is -2.10. The summed E-state index contributed by atoms with van der Waals surface area (Å²) in [6, 6.07) is 7.86. The van der Waals surface area contributed by atoms with Gasteiger partial charge in [0.2, 0.25) is 0 Å². The number of para-hydroxylation sites is 1. The van der Waals surface area contributed by atoms with E-state index in [4.69, 9.17) is 4.74 Å². The zero-order valence-electron chi connectivity index (χ0n) is 9.66. The molecule has 0 saturated heterocycles. The fourth-order valence-corrected chi connectivity index (χ4v) is 1.38. The molecule has 0 saturated carbocycles. The first-order valence-electron chi connectivity index (χ1n) is 5.15. The Bertz CT molecular complexity index is 339.